The summed E-state index contributed by atoms with van der Waals surface area (Å²) in [5, 5.41) is 3.58. The predicted octanol–water partition coefficient (Wildman–Crippen LogP) is 4.69. The Balaban J connectivity index is 1.55. The summed E-state index contributed by atoms with van der Waals surface area (Å²) in [5.74, 6) is 0.517. The van der Waals surface area contributed by atoms with Crippen LogP contribution in [0.4, 0.5) is 11.4 Å². The van der Waals surface area contributed by atoms with E-state index in [0.717, 1.165) is 29.8 Å². The Morgan fingerprint density at radius 1 is 1.19 bits per heavy atom. The van der Waals surface area contributed by atoms with E-state index < -0.39 is 6.10 Å². The van der Waals surface area contributed by atoms with Crippen molar-refractivity contribution >= 4 is 40.1 Å². The van der Waals surface area contributed by atoms with Crippen LogP contribution in [0.2, 0.25) is 0 Å². The second-order valence-electron chi connectivity index (χ2n) is 8.09. The molecule has 6 nitrogen and oxygen atoms in total. The Labute approximate surface area is 187 Å². The molecular weight excluding hydrogens is 410 g/mol. The monoisotopic (exact) mass is 437 g/mol. The molecule has 162 valence electrons. The van der Waals surface area contributed by atoms with Crippen LogP contribution in [0.5, 0.6) is 0 Å². The van der Waals surface area contributed by atoms with E-state index in [4.69, 9.17) is 9.73 Å². The molecule has 2 atom stereocenters. The molecule has 0 aliphatic carbocycles. The maximum absolute atomic E-state index is 13.4. The van der Waals surface area contributed by atoms with Crippen molar-refractivity contribution in [2.45, 2.75) is 45.8 Å². The van der Waals surface area contributed by atoms with E-state index >= 15 is 0 Å². The molecule has 2 saturated heterocycles. The van der Waals surface area contributed by atoms with E-state index in [9.17, 15) is 9.59 Å². The zero-order chi connectivity index (χ0) is 22.0. The molecule has 0 spiro atoms. The third kappa shape index (κ3) is 4.83. The highest BCUT2D eigenvalue weighted by Gasteiger charge is 2.33. The summed E-state index contributed by atoms with van der Waals surface area (Å²) < 4.78 is 5.44. The van der Waals surface area contributed by atoms with Crippen LogP contribution in [0, 0.1) is 13.8 Å². The van der Waals surface area contributed by atoms with Gasteiger partial charge in [0.25, 0.3) is 11.8 Å². The number of amidine groups is 1. The van der Waals surface area contributed by atoms with Crippen molar-refractivity contribution in [3.05, 3.63) is 59.2 Å². The maximum Gasteiger partial charge on any atom is 0.260 e. The fourth-order valence-corrected chi connectivity index (χ4v) is 4.92. The van der Waals surface area contributed by atoms with Crippen LogP contribution >= 0.6 is 11.8 Å². The lowest BCUT2D eigenvalue weighted by atomic mass is 10.1. The topological polar surface area (TPSA) is 71.0 Å². The van der Waals surface area contributed by atoms with Crippen LogP contribution in [0.15, 0.2) is 47.5 Å². The first kappa shape index (κ1) is 21.6. The molecule has 0 saturated carbocycles. The lowest BCUT2D eigenvalue weighted by Gasteiger charge is -2.22. The van der Waals surface area contributed by atoms with Gasteiger partial charge in [-0.25, -0.2) is 4.99 Å². The Morgan fingerprint density at radius 3 is 2.77 bits per heavy atom. The van der Waals surface area contributed by atoms with Gasteiger partial charge in [0, 0.05) is 29.7 Å². The van der Waals surface area contributed by atoms with Crippen molar-refractivity contribution in [1.29, 1.82) is 0 Å². The minimum Gasteiger partial charge on any atom is -0.368 e. The number of amides is 2. The lowest BCUT2D eigenvalue weighted by molar-refractivity contribution is -0.124. The summed E-state index contributed by atoms with van der Waals surface area (Å²) in [4.78, 5) is 32.3. The first-order valence-corrected chi connectivity index (χ1v) is 11.6. The fourth-order valence-electron chi connectivity index (χ4n) is 3.81. The molecule has 2 aromatic rings. The van der Waals surface area contributed by atoms with E-state index in [1.54, 1.807) is 40.9 Å². The highest BCUT2D eigenvalue weighted by atomic mass is 32.2. The number of anilines is 1. The number of aryl methyl sites for hydroxylation is 2. The van der Waals surface area contributed by atoms with Crippen LogP contribution in [0.3, 0.4) is 0 Å². The predicted molar refractivity (Wildman–Crippen MR) is 125 cm³/mol. The number of nitrogens with zero attached hydrogens (tertiary/aromatic N) is 2. The molecule has 2 aliphatic rings. The smallest absolute Gasteiger partial charge is 0.260 e. The Bertz CT molecular complexity index is 1030. The lowest BCUT2D eigenvalue weighted by Crippen LogP contribution is -2.37. The summed E-state index contributed by atoms with van der Waals surface area (Å²) in [6.45, 7) is 6.72. The fraction of sp³-hybridized carbons (Fsp3) is 0.375. The van der Waals surface area contributed by atoms with Crippen molar-refractivity contribution in [2.75, 3.05) is 17.7 Å². The third-order valence-corrected chi connectivity index (χ3v) is 6.68. The average molecular weight is 438 g/mol. The standard InChI is InChI=1S/C24H27N3O3S/c1-15-9-10-20(16(2)12-15)26-24-27(17(3)14-31-24)23(29)18-6-4-7-19(13-18)25-22(28)21-8-5-11-30-21/h4,6-7,9-10,12-13,17,21H,5,8,11,14H2,1-3H3,(H,25,28). The Hall–Kier alpha value is -2.64. The number of thioether (sulfide) groups is 1. The van der Waals surface area contributed by atoms with Gasteiger partial charge in [0.05, 0.1) is 5.69 Å². The molecule has 7 heteroatoms. The molecule has 1 N–H and O–H groups in total. The van der Waals surface area contributed by atoms with Gasteiger partial charge in [-0.1, -0.05) is 35.5 Å². The first-order chi connectivity index (χ1) is 14.9. The van der Waals surface area contributed by atoms with Crippen LogP contribution in [-0.4, -0.2) is 46.4 Å². The average Bonchev–Trinajstić information content (AvgIpc) is 3.40. The van der Waals surface area contributed by atoms with Gasteiger partial charge in [-0.3, -0.25) is 14.5 Å². The third-order valence-electron chi connectivity index (χ3n) is 5.49. The van der Waals surface area contributed by atoms with Crippen LogP contribution in [-0.2, 0) is 9.53 Å². The highest BCUT2D eigenvalue weighted by molar-refractivity contribution is 8.14. The van der Waals surface area contributed by atoms with Crippen molar-refractivity contribution in [3.63, 3.8) is 0 Å². The number of benzene rings is 2. The maximum atomic E-state index is 13.4. The van der Waals surface area contributed by atoms with Gasteiger partial charge in [-0.05, 0) is 63.4 Å². The van der Waals surface area contributed by atoms with Crippen molar-refractivity contribution in [2.24, 2.45) is 4.99 Å². The minimum atomic E-state index is -0.411. The quantitative estimate of drug-likeness (QED) is 0.754. The van der Waals surface area contributed by atoms with Gasteiger partial charge in [0.2, 0.25) is 0 Å². The molecule has 31 heavy (non-hydrogen) atoms. The second kappa shape index (κ2) is 9.24. The number of carbonyl (C=O) groups is 2. The van der Waals surface area contributed by atoms with E-state index in [1.165, 1.54) is 5.56 Å². The summed E-state index contributed by atoms with van der Waals surface area (Å²) >= 11 is 1.59. The van der Waals surface area contributed by atoms with Crippen LogP contribution < -0.4 is 5.32 Å². The van der Waals surface area contributed by atoms with E-state index in [-0.39, 0.29) is 17.9 Å². The first-order valence-electron chi connectivity index (χ1n) is 10.6. The van der Waals surface area contributed by atoms with Gasteiger partial charge >= 0.3 is 0 Å². The molecule has 0 aromatic heterocycles. The Kier molecular flexibility index (Phi) is 6.43. The molecule has 0 radical (unpaired) electrons. The van der Waals surface area contributed by atoms with Crippen LogP contribution in [0.25, 0.3) is 0 Å². The van der Waals surface area contributed by atoms with Gasteiger partial charge in [0.15, 0.2) is 5.17 Å². The number of carbonyl (C=O) groups excluding carboxylic acids is 2. The molecule has 4 rings (SSSR count). The van der Waals surface area contributed by atoms with E-state index in [1.807, 2.05) is 26.0 Å². The molecular formula is C24H27N3O3S. The van der Waals surface area contributed by atoms with Crippen molar-refractivity contribution < 1.29 is 14.3 Å². The van der Waals surface area contributed by atoms with Gasteiger partial charge < -0.3 is 10.1 Å². The molecule has 2 aromatic carbocycles. The number of ether oxygens (including phenoxy) is 1. The summed E-state index contributed by atoms with van der Waals surface area (Å²) in [6, 6.07) is 13.2. The van der Waals surface area contributed by atoms with Gasteiger partial charge in [0.1, 0.15) is 6.10 Å². The molecule has 2 fully saturated rings. The molecule has 2 aliphatic heterocycles. The highest BCUT2D eigenvalue weighted by Crippen LogP contribution is 2.30. The SMILES string of the molecule is Cc1ccc(N=C2SCC(C)N2C(=O)c2cccc(NC(=O)C3CCCO3)c2)c(C)c1. The summed E-state index contributed by atoms with van der Waals surface area (Å²) in [6.07, 6.45) is 1.21. The number of nitrogens with one attached hydrogen (secondary N) is 1. The molecule has 2 unspecified atom stereocenters. The van der Waals surface area contributed by atoms with Crippen LogP contribution in [0.1, 0.15) is 41.3 Å². The van der Waals surface area contributed by atoms with E-state index in [2.05, 4.69) is 18.3 Å². The Morgan fingerprint density at radius 2 is 2.03 bits per heavy atom. The molecule has 2 heterocycles. The second-order valence-corrected chi connectivity index (χ2v) is 9.08. The number of aliphatic imine (C=N–C) groups is 1. The zero-order valence-corrected chi connectivity index (χ0v) is 18.9. The molecule has 0 bridgehead atoms. The van der Waals surface area contributed by atoms with Crippen molar-refractivity contribution in [1.82, 2.24) is 4.90 Å². The zero-order valence-electron chi connectivity index (χ0n) is 18.1. The number of hydrogen-bond acceptors (Lipinski definition) is 5. The number of rotatable bonds is 4. The van der Waals surface area contributed by atoms with Gasteiger partial charge in [-0.15, -0.1) is 0 Å². The van der Waals surface area contributed by atoms with Crippen molar-refractivity contribution in [3.8, 4) is 0 Å². The van der Waals surface area contributed by atoms with E-state index in [0.29, 0.717) is 23.0 Å². The normalized spacial score (nSPS) is 22.2. The summed E-state index contributed by atoms with van der Waals surface area (Å²) in [7, 11) is 0. The summed E-state index contributed by atoms with van der Waals surface area (Å²) in [5.41, 5.74) is 4.26. The van der Waals surface area contributed by atoms with Gasteiger partial charge in [-0.2, -0.15) is 0 Å². The largest absolute Gasteiger partial charge is 0.368 e. The minimum absolute atomic E-state index is 0.0344. The molecule has 2 amide bonds. The number of hydrogen-bond donors (Lipinski definition) is 1.